The number of benzene rings is 2. The monoisotopic (exact) mass is 401 g/mol. The predicted octanol–water partition coefficient (Wildman–Crippen LogP) is 3.40. The fraction of sp³-hybridized carbons (Fsp3) is 0.435. The first-order valence-electron chi connectivity index (χ1n) is 9.93. The van der Waals surface area contributed by atoms with Gasteiger partial charge in [0.15, 0.2) is 5.96 Å². The summed E-state index contributed by atoms with van der Waals surface area (Å²) in [5.41, 5.74) is 3.18. The normalized spacial score (nSPS) is 13.3. The molecule has 6 heteroatoms. The highest BCUT2D eigenvalue weighted by atomic mass is 19.1. The summed E-state index contributed by atoms with van der Waals surface area (Å²) in [5, 5.41) is 26.0. The third-order valence-electron chi connectivity index (χ3n) is 4.67. The average molecular weight is 402 g/mol. The molecule has 0 bridgehead atoms. The predicted molar refractivity (Wildman–Crippen MR) is 115 cm³/mol. The third kappa shape index (κ3) is 6.84. The number of rotatable bonds is 7. The molecule has 0 aliphatic heterocycles. The Balaban J connectivity index is 2.00. The van der Waals surface area contributed by atoms with E-state index in [-0.39, 0.29) is 17.6 Å². The molecule has 0 aliphatic rings. The van der Waals surface area contributed by atoms with Crippen LogP contribution in [-0.4, -0.2) is 29.3 Å². The second-order valence-corrected chi connectivity index (χ2v) is 8.05. The fourth-order valence-corrected chi connectivity index (χ4v) is 2.88. The van der Waals surface area contributed by atoms with E-state index in [2.05, 4.69) is 36.4 Å². The molecule has 2 aromatic rings. The summed E-state index contributed by atoms with van der Waals surface area (Å²) in [6, 6.07) is 12.6. The van der Waals surface area contributed by atoms with E-state index in [1.54, 1.807) is 12.1 Å². The number of hydrogen-bond acceptors (Lipinski definition) is 3. The van der Waals surface area contributed by atoms with Crippen LogP contribution in [0.4, 0.5) is 4.39 Å². The van der Waals surface area contributed by atoms with Crippen LogP contribution in [0.1, 0.15) is 56.1 Å². The Labute approximate surface area is 172 Å². The smallest absolute Gasteiger partial charge is 0.191 e. The van der Waals surface area contributed by atoms with Crippen molar-refractivity contribution in [2.75, 3.05) is 13.1 Å². The summed E-state index contributed by atoms with van der Waals surface area (Å²) in [6.45, 7) is 9.40. The minimum Gasteiger partial charge on any atom is -0.392 e. The van der Waals surface area contributed by atoms with Gasteiger partial charge in [0.25, 0.3) is 0 Å². The number of nitrogens with zero attached hydrogens (tertiary/aromatic N) is 1. The average Bonchev–Trinajstić information content (AvgIpc) is 2.70. The zero-order chi connectivity index (χ0) is 21.4. The van der Waals surface area contributed by atoms with E-state index in [4.69, 9.17) is 0 Å². The van der Waals surface area contributed by atoms with Crippen LogP contribution in [0.5, 0.6) is 0 Å². The molecule has 0 aromatic heterocycles. The van der Waals surface area contributed by atoms with Gasteiger partial charge in [0, 0.05) is 18.7 Å². The van der Waals surface area contributed by atoms with Crippen molar-refractivity contribution < 1.29 is 14.6 Å². The highest BCUT2D eigenvalue weighted by Gasteiger charge is 2.15. The molecule has 0 amide bonds. The highest BCUT2D eigenvalue weighted by molar-refractivity contribution is 5.79. The Morgan fingerprint density at radius 2 is 1.79 bits per heavy atom. The third-order valence-corrected chi connectivity index (χ3v) is 4.67. The Morgan fingerprint density at radius 3 is 2.38 bits per heavy atom. The zero-order valence-corrected chi connectivity index (χ0v) is 17.7. The molecule has 2 rings (SSSR count). The lowest BCUT2D eigenvalue weighted by atomic mass is 9.86. The summed E-state index contributed by atoms with van der Waals surface area (Å²) in [5.74, 6) is 0.138. The maximum Gasteiger partial charge on any atom is 0.191 e. The molecule has 0 radical (unpaired) electrons. The molecule has 0 heterocycles. The molecule has 2 aromatic carbocycles. The minimum absolute atomic E-state index is 0.0723. The van der Waals surface area contributed by atoms with Crippen molar-refractivity contribution in [1.82, 2.24) is 10.6 Å². The van der Waals surface area contributed by atoms with Gasteiger partial charge in [-0.1, -0.05) is 51.1 Å². The molecular weight excluding hydrogens is 369 g/mol. The molecule has 4 N–H and O–H groups in total. The topological polar surface area (TPSA) is 76.9 Å². The Hall–Kier alpha value is -2.44. The van der Waals surface area contributed by atoms with Gasteiger partial charge in [-0.25, -0.2) is 9.38 Å². The van der Waals surface area contributed by atoms with E-state index in [9.17, 15) is 14.6 Å². The lowest BCUT2D eigenvalue weighted by molar-refractivity contribution is 0.181. The van der Waals surface area contributed by atoms with Crippen LogP contribution in [0.25, 0.3) is 0 Å². The largest absolute Gasteiger partial charge is 0.392 e. The first kappa shape index (κ1) is 22.8. The van der Waals surface area contributed by atoms with Crippen LogP contribution in [0.15, 0.2) is 47.5 Å². The van der Waals surface area contributed by atoms with Crippen molar-refractivity contribution in [3.8, 4) is 0 Å². The maximum atomic E-state index is 13.5. The van der Waals surface area contributed by atoms with Crippen LogP contribution < -0.4 is 10.6 Å². The molecule has 0 spiro atoms. The quantitative estimate of drug-likeness (QED) is 0.424. The fourth-order valence-electron chi connectivity index (χ4n) is 2.88. The Morgan fingerprint density at radius 1 is 1.10 bits per heavy atom. The molecular formula is C23H32FN3O2. The van der Waals surface area contributed by atoms with Crippen LogP contribution in [-0.2, 0) is 18.6 Å². The number of halogens is 1. The number of guanidine groups is 1. The van der Waals surface area contributed by atoms with E-state index >= 15 is 0 Å². The van der Waals surface area contributed by atoms with Gasteiger partial charge >= 0.3 is 0 Å². The van der Waals surface area contributed by atoms with Crippen molar-refractivity contribution in [3.63, 3.8) is 0 Å². The van der Waals surface area contributed by atoms with Crippen LogP contribution in [0.2, 0.25) is 0 Å². The Bertz CT molecular complexity index is 814. The summed E-state index contributed by atoms with van der Waals surface area (Å²) < 4.78 is 13.5. The van der Waals surface area contributed by atoms with Gasteiger partial charge in [0.05, 0.1) is 19.3 Å². The molecule has 5 nitrogen and oxygen atoms in total. The number of aliphatic hydroxyl groups excluding tert-OH is 2. The Kier molecular flexibility index (Phi) is 8.17. The SMILES string of the molecule is CCNC(=NCc1ccc(F)c(CO)c1)NCC(O)c1ccc(C(C)(C)C)cc1. The molecule has 0 aliphatic carbocycles. The summed E-state index contributed by atoms with van der Waals surface area (Å²) >= 11 is 0. The minimum atomic E-state index is -0.667. The van der Waals surface area contributed by atoms with Crippen molar-refractivity contribution in [1.29, 1.82) is 0 Å². The number of aliphatic imine (C=N–C) groups is 1. The van der Waals surface area contributed by atoms with Crippen molar-refractivity contribution in [2.45, 2.75) is 52.4 Å². The van der Waals surface area contributed by atoms with E-state index < -0.39 is 11.9 Å². The summed E-state index contributed by atoms with van der Waals surface area (Å²) in [4.78, 5) is 4.48. The highest BCUT2D eigenvalue weighted by Crippen LogP contribution is 2.23. The van der Waals surface area contributed by atoms with Crippen molar-refractivity contribution in [2.24, 2.45) is 4.99 Å². The number of hydrogen-bond donors (Lipinski definition) is 4. The zero-order valence-electron chi connectivity index (χ0n) is 17.7. The molecule has 1 atom stereocenters. The van der Waals surface area contributed by atoms with Gasteiger partial charge in [-0.2, -0.15) is 0 Å². The maximum absolute atomic E-state index is 13.5. The van der Waals surface area contributed by atoms with E-state index in [0.717, 1.165) is 11.1 Å². The second kappa shape index (κ2) is 10.4. The lowest BCUT2D eigenvalue weighted by Crippen LogP contribution is -2.39. The number of nitrogens with one attached hydrogen (secondary N) is 2. The van der Waals surface area contributed by atoms with Gasteiger partial charge < -0.3 is 20.8 Å². The van der Waals surface area contributed by atoms with E-state index in [1.807, 2.05) is 31.2 Å². The molecule has 29 heavy (non-hydrogen) atoms. The molecule has 0 fully saturated rings. The van der Waals surface area contributed by atoms with Gasteiger partial charge in [0.1, 0.15) is 5.82 Å². The van der Waals surface area contributed by atoms with E-state index in [0.29, 0.717) is 25.6 Å². The van der Waals surface area contributed by atoms with E-state index in [1.165, 1.54) is 11.6 Å². The molecule has 0 saturated heterocycles. The van der Waals surface area contributed by atoms with Gasteiger partial charge in [-0.15, -0.1) is 0 Å². The standard InChI is InChI=1S/C23H32FN3O2/c1-5-25-22(26-13-16-6-11-20(24)18(12-16)15-28)27-14-21(29)17-7-9-19(10-8-17)23(2,3)4/h6-12,21,28-29H,5,13-15H2,1-4H3,(H2,25,26,27). The first-order chi connectivity index (χ1) is 13.7. The van der Waals surface area contributed by atoms with Crippen LogP contribution >= 0.6 is 0 Å². The lowest BCUT2D eigenvalue weighted by Gasteiger charge is -2.20. The van der Waals surface area contributed by atoms with Gasteiger partial charge in [-0.3, -0.25) is 0 Å². The summed E-state index contributed by atoms with van der Waals surface area (Å²) in [7, 11) is 0. The molecule has 158 valence electrons. The molecule has 0 saturated carbocycles. The van der Waals surface area contributed by atoms with Crippen molar-refractivity contribution >= 4 is 5.96 Å². The van der Waals surface area contributed by atoms with Gasteiger partial charge in [0.2, 0.25) is 0 Å². The van der Waals surface area contributed by atoms with Crippen molar-refractivity contribution in [3.05, 3.63) is 70.5 Å². The van der Waals surface area contributed by atoms with Crippen LogP contribution in [0, 0.1) is 5.82 Å². The first-order valence-corrected chi connectivity index (χ1v) is 9.93. The summed E-state index contributed by atoms with van der Waals surface area (Å²) in [6.07, 6.45) is -0.667. The second-order valence-electron chi connectivity index (χ2n) is 8.05. The molecule has 1 unspecified atom stereocenters. The number of aliphatic hydroxyl groups is 2. The van der Waals surface area contributed by atoms with Gasteiger partial charge in [-0.05, 0) is 41.2 Å². The van der Waals surface area contributed by atoms with Crippen LogP contribution in [0.3, 0.4) is 0 Å².